The van der Waals surface area contributed by atoms with E-state index in [1.165, 1.54) is 16.1 Å². The van der Waals surface area contributed by atoms with Crippen molar-refractivity contribution in [3.8, 4) is 17.3 Å². The summed E-state index contributed by atoms with van der Waals surface area (Å²) in [4.78, 5) is 4.11. The van der Waals surface area contributed by atoms with Crippen LogP contribution in [0.3, 0.4) is 0 Å². The van der Waals surface area contributed by atoms with Gasteiger partial charge in [0.25, 0.3) is 0 Å². The number of thiazole rings is 1. The monoisotopic (exact) mass is 358 g/mol. The van der Waals surface area contributed by atoms with Crippen LogP contribution in [0.25, 0.3) is 22.7 Å². The van der Waals surface area contributed by atoms with Gasteiger partial charge in [0.1, 0.15) is 28.3 Å². The van der Waals surface area contributed by atoms with Crippen molar-refractivity contribution in [2.45, 2.75) is 13.8 Å². The fourth-order valence-electron chi connectivity index (χ4n) is 2.39. The van der Waals surface area contributed by atoms with Crippen LogP contribution in [0.4, 0.5) is 8.78 Å². The first-order chi connectivity index (χ1) is 11.9. The highest BCUT2D eigenvalue weighted by molar-refractivity contribution is 7.11. The maximum absolute atomic E-state index is 13.9. The van der Waals surface area contributed by atoms with Crippen molar-refractivity contribution in [1.82, 2.24) is 14.8 Å². The van der Waals surface area contributed by atoms with Gasteiger partial charge >= 0.3 is 0 Å². The standard InChI is InChI=1S/C17H12F2N4OS/c1-9-6-10(2)23(22-9)17(24)11(7-20)16-21-14(8-25-16)15-12(18)4-3-5-13(15)19/h3-6,8,24H,1-2H3. The van der Waals surface area contributed by atoms with Crippen LogP contribution in [0, 0.1) is 36.8 Å². The van der Waals surface area contributed by atoms with Crippen LogP contribution in [0.15, 0.2) is 29.6 Å². The number of halogens is 2. The van der Waals surface area contributed by atoms with Gasteiger partial charge in [-0.2, -0.15) is 10.4 Å². The van der Waals surface area contributed by atoms with E-state index in [1.54, 1.807) is 19.9 Å². The minimum Gasteiger partial charge on any atom is -0.492 e. The Labute approximate surface area is 146 Å². The minimum absolute atomic E-state index is 0.0597. The number of nitriles is 1. The Balaban J connectivity index is 2.10. The Bertz CT molecular complexity index is 1010. The topological polar surface area (TPSA) is 74.7 Å². The number of aliphatic hydroxyl groups excluding tert-OH is 1. The molecule has 0 aliphatic carbocycles. The summed E-state index contributed by atoms with van der Waals surface area (Å²) in [5.74, 6) is -1.88. The van der Waals surface area contributed by atoms with Crippen LogP contribution < -0.4 is 0 Å². The Hall–Kier alpha value is -3.05. The van der Waals surface area contributed by atoms with Gasteiger partial charge in [-0.15, -0.1) is 11.3 Å². The Morgan fingerprint density at radius 1 is 1.28 bits per heavy atom. The van der Waals surface area contributed by atoms with E-state index in [9.17, 15) is 19.1 Å². The fourth-order valence-corrected chi connectivity index (χ4v) is 3.19. The molecule has 0 spiro atoms. The Morgan fingerprint density at radius 3 is 2.52 bits per heavy atom. The first-order valence-corrected chi connectivity index (χ1v) is 8.07. The number of allylic oxidation sites excluding steroid dienone is 1. The molecule has 1 N–H and O–H groups in total. The predicted octanol–water partition coefficient (Wildman–Crippen LogP) is 4.31. The average Bonchev–Trinajstić information content (AvgIpc) is 3.14. The van der Waals surface area contributed by atoms with Gasteiger partial charge in [-0.3, -0.25) is 0 Å². The molecule has 0 aliphatic rings. The maximum atomic E-state index is 13.9. The molecule has 0 amide bonds. The lowest BCUT2D eigenvalue weighted by Gasteiger charge is -2.04. The van der Waals surface area contributed by atoms with Crippen molar-refractivity contribution in [2.75, 3.05) is 0 Å². The van der Waals surface area contributed by atoms with Crippen LogP contribution in [-0.4, -0.2) is 19.9 Å². The van der Waals surface area contributed by atoms with E-state index in [0.717, 1.165) is 23.5 Å². The third kappa shape index (κ3) is 3.02. The summed E-state index contributed by atoms with van der Waals surface area (Å²) in [5, 5.41) is 25.5. The SMILES string of the molecule is Cc1cc(C)n(C(O)=C(C#N)c2nc(-c3c(F)cccc3F)cs2)n1. The molecule has 0 saturated heterocycles. The first kappa shape index (κ1) is 16.8. The smallest absolute Gasteiger partial charge is 0.233 e. The molecular weight excluding hydrogens is 346 g/mol. The lowest BCUT2D eigenvalue weighted by atomic mass is 10.1. The third-order valence-corrected chi connectivity index (χ3v) is 4.34. The summed E-state index contributed by atoms with van der Waals surface area (Å²) in [6.45, 7) is 3.48. The van der Waals surface area contributed by atoms with Crippen molar-refractivity contribution in [1.29, 1.82) is 5.26 Å². The average molecular weight is 358 g/mol. The summed E-state index contributed by atoms with van der Waals surface area (Å²) in [5.41, 5.74) is 0.978. The number of aromatic nitrogens is 3. The molecule has 0 fully saturated rings. The zero-order valence-electron chi connectivity index (χ0n) is 13.3. The lowest BCUT2D eigenvalue weighted by molar-refractivity contribution is 0.457. The summed E-state index contributed by atoms with van der Waals surface area (Å²) < 4.78 is 29.0. The van der Waals surface area contributed by atoms with Gasteiger partial charge in [-0.1, -0.05) is 6.07 Å². The van der Waals surface area contributed by atoms with E-state index in [1.807, 2.05) is 6.07 Å². The Kier molecular flexibility index (Phi) is 4.33. The zero-order valence-corrected chi connectivity index (χ0v) is 14.1. The number of aliphatic hydroxyl groups is 1. The van der Waals surface area contributed by atoms with E-state index in [0.29, 0.717) is 11.4 Å². The van der Waals surface area contributed by atoms with E-state index < -0.39 is 11.6 Å². The quantitative estimate of drug-likeness (QED) is 0.559. The number of hydrogen-bond acceptors (Lipinski definition) is 5. The normalized spacial score (nSPS) is 12.0. The highest BCUT2D eigenvalue weighted by Gasteiger charge is 2.19. The minimum atomic E-state index is -0.748. The maximum Gasteiger partial charge on any atom is 0.233 e. The fraction of sp³-hybridized carbons (Fsp3) is 0.118. The zero-order chi connectivity index (χ0) is 18.1. The summed E-state index contributed by atoms with van der Waals surface area (Å²) >= 11 is 1.00. The molecule has 0 unspecified atom stereocenters. The first-order valence-electron chi connectivity index (χ1n) is 7.19. The van der Waals surface area contributed by atoms with Gasteiger partial charge < -0.3 is 5.11 Å². The van der Waals surface area contributed by atoms with Crippen LogP contribution in [-0.2, 0) is 0 Å². The second-order valence-electron chi connectivity index (χ2n) is 5.28. The molecule has 2 aromatic heterocycles. The molecule has 126 valence electrons. The molecule has 5 nitrogen and oxygen atoms in total. The highest BCUT2D eigenvalue weighted by Crippen LogP contribution is 2.31. The van der Waals surface area contributed by atoms with Crippen molar-refractivity contribution < 1.29 is 13.9 Å². The highest BCUT2D eigenvalue weighted by atomic mass is 32.1. The molecule has 2 heterocycles. The van der Waals surface area contributed by atoms with Gasteiger partial charge in [0.05, 0.1) is 17.0 Å². The number of aryl methyl sites for hydroxylation is 2. The molecule has 0 radical (unpaired) electrons. The predicted molar refractivity (Wildman–Crippen MR) is 90.5 cm³/mol. The van der Waals surface area contributed by atoms with Crippen molar-refractivity contribution >= 4 is 22.8 Å². The number of rotatable bonds is 3. The number of hydrogen-bond donors (Lipinski definition) is 1. The number of nitrogens with zero attached hydrogens (tertiary/aromatic N) is 4. The van der Waals surface area contributed by atoms with Gasteiger partial charge in [0.2, 0.25) is 5.88 Å². The van der Waals surface area contributed by atoms with Crippen molar-refractivity contribution in [2.24, 2.45) is 0 Å². The molecule has 0 atom stereocenters. The van der Waals surface area contributed by atoms with Gasteiger partial charge in [0, 0.05) is 11.1 Å². The molecule has 1 aromatic carbocycles. The van der Waals surface area contributed by atoms with E-state index in [2.05, 4.69) is 10.1 Å². The van der Waals surface area contributed by atoms with Gasteiger partial charge in [0.15, 0.2) is 0 Å². The molecular formula is C17H12F2N4OS. The van der Waals surface area contributed by atoms with Gasteiger partial charge in [-0.25, -0.2) is 18.4 Å². The Morgan fingerprint density at radius 2 is 1.96 bits per heavy atom. The summed E-state index contributed by atoms with van der Waals surface area (Å²) in [6.07, 6.45) is 0. The van der Waals surface area contributed by atoms with E-state index in [-0.39, 0.29) is 27.7 Å². The summed E-state index contributed by atoms with van der Waals surface area (Å²) in [7, 11) is 0. The molecule has 0 bridgehead atoms. The second kappa shape index (κ2) is 6.45. The van der Waals surface area contributed by atoms with Crippen molar-refractivity contribution in [3.05, 3.63) is 57.7 Å². The van der Waals surface area contributed by atoms with Crippen LogP contribution in [0.2, 0.25) is 0 Å². The molecule has 0 saturated carbocycles. The van der Waals surface area contributed by atoms with E-state index >= 15 is 0 Å². The lowest BCUT2D eigenvalue weighted by Crippen LogP contribution is -2.04. The van der Waals surface area contributed by atoms with Gasteiger partial charge in [-0.05, 0) is 32.0 Å². The second-order valence-corrected chi connectivity index (χ2v) is 6.14. The largest absolute Gasteiger partial charge is 0.492 e. The molecule has 3 rings (SSSR count). The molecule has 25 heavy (non-hydrogen) atoms. The molecule has 0 aliphatic heterocycles. The van der Waals surface area contributed by atoms with Crippen molar-refractivity contribution in [3.63, 3.8) is 0 Å². The van der Waals surface area contributed by atoms with E-state index in [4.69, 9.17) is 0 Å². The molecule has 3 aromatic rings. The number of benzene rings is 1. The van der Waals surface area contributed by atoms with Crippen LogP contribution in [0.5, 0.6) is 0 Å². The third-order valence-electron chi connectivity index (χ3n) is 3.48. The van der Waals surface area contributed by atoms with Crippen LogP contribution >= 0.6 is 11.3 Å². The van der Waals surface area contributed by atoms with Crippen LogP contribution in [0.1, 0.15) is 16.4 Å². The summed E-state index contributed by atoms with van der Waals surface area (Å²) in [6, 6.07) is 7.14. The molecule has 8 heteroatoms.